The summed E-state index contributed by atoms with van der Waals surface area (Å²) in [5.74, 6) is -0.0159. The molecule has 0 N–H and O–H groups in total. The number of hydrogen-bond acceptors (Lipinski definition) is 6. The van der Waals surface area contributed by atoms with Crippen LogP contribution in [0.25, 0.3) is 6.08 Å². The van der Waals surface area contributed by atoms with Crippen LogP contribution in [0.4, 0.5) is 5.88 Å². The van der Waals surface area contributed by atoms with Crippen LogP contribution in [0, 0.1) is 15.3 Å². The van der Waals surface area contributed by atoms with Crippen molar-refractivity contribution in [3.8, 4) is 0 Å². The summed E-state index contributed by atoms with van der Waals surface area (Å²) in [5.41, 5.74) is 0. The number of hydroxylamine groups is 1. The van der Waals surface area contributed by atoms with Gasteiger partial charge in [-0.1, -0.05) is 37.3 Å². The third-order valence-electron chi connectivity index (χ3n) is 3.78. The highest BCUT2D eigenvalue weighted by Gasteiger charge is 2.49. The van der Waals surface area contributed by atoms with Gasteiger partial charge in [-0.15, -0.1) is 0 Å². The molecule has 1 saturated heterocycles. The molecule has 1 aliphatic heterocycles. The maximum absolute atomic E-state index is 12.6. The fourth-order valence-corrected chi connectivity index (χ4v) is 4.56. The summed E-state index contributed by atoms with van der Waals surface area (Å²) < 4.78 is 6.31. The quantitative estimate of drug-likeness (QED) is 0.175. The van der Waals surface area contributed by atoms with E-state index in [9.17, 15) is 15.3 Å². The van der Waals surface area contributed by atoms with Gasteiger partial charge in [-0.2, -0.15) is 4.74 Å². The largest absolute Gasteiger partial charge is 0.622 e. The number of furan rings is 1. The van der Waals surface area contributed by atoms with Crippen LogP contribution >= 0.6 is 24.0 Å². The lowest BCUT2D eigenvalue weighted by atomic mass is 10.1. The third kappa shape index (κ3) is 4.60. The molecule has 1 unspecified atom stereocenters. The highest BCUT2D eigenvalue weighted by atomic mass is 32.2. The van der Waals surface area contributed by atoms with E-state index in [0.717, 1.165) is 28.4 Å². The van der Waals surface area contributed by atoms with E-state index < -0.39 is 11.1 Å². The Morgan fingerprint density at radius 1 is 1.44 bits per heavy atom. The molecule has 0 bridgehead atoms. The van der Waals surface area contributed by atoms with Crippen molar-refractivity contribution < 1.29 is 14.1 Å². The summed E-state index contributed by atoms with van der Waals surface area (Å²) in [6.45, 7) is 6.84. The van der Waals surface area contributed by atoms with Crippen molar-refractivity contribution >= 4 is 46.5 Å². The van der Waals surface area contributed by atoms with Crippen LogP contribution in [0.15, 0.2) is 22.6 Å². The van der Waals surface area contributed by atoms with Crippen LogP contribution in [0.5, 0.6) is 0 Å². The number of nitrogens with zero attached hydrogens (tertiary/aromatic N) is 3. The van der Waals surface area contributed by atoms with Crippen molar-refractivity contribution in [2.24, 2.45) is 0 Å². The summed E-state index contributed by atoms with van der Waals surface area (Å²) in [4.78, 5) is 12.0. The van der Waals surface area contributed by atoms with Gasteiger partial charge in [-0.3, -0.25) is 15.0 Å². The van der Waals surface area contributed by atoms with Crippen molar-refractivity contribution in [1.29, 1.82) is 0 Å². The number of thioether (sulfide) groups is 1. The van der Waals surface area contributed by atoms with E-state index in [-0.39, 0.29) is 10.6 Å². The second kappa shape index (κ2) is 8.01. The van der Waals surface area contributed by atoms with Crippen molar-refractivity contribution in [2.75, 3.05) is 6.54 Å². The average Bonchev–Trinajstić information content (AvgIpc) is 3.07. The Morgan fingerprint density at radius 2 is 2.16 bits per heavy atom. The summed E-state index contributed by atoms with van der Waals surface area (Å²) in [5, 5.41) is 23.2. The zero-order valence-electron chi connectivity index (χ0n) is 14.4. The molecule has 0 amide bonds. The second-order valence-corrected chi connectivity index (χ2v) is 8.48. The number of rotatable bonds is 7. The molecule has 2 heterocycles. The lowest BCUT2D eigenvalue weighted by Crippen LogP contribution is -2.48. The molecular weight excluding hydrogens is 362 g/mol. The highest BCUT2D eigenvalue weighted by Crippen LogP contribution is 2.41. The molecule has 2 rings (SSSR count). The molecule has 0 aliphatic carbocycles. The highest BCUT2D eigenvalue weighted by molar-refractivity contribution is 8.24. The van der Waals surface area contributed by atoms with Crippen LogP contribution in [0.3, 0.4) is 0 Å². The van der Waals surface area contributed by atoms with Crippen molar-refractivity contribution in [3.63, 3.8) is 0 Å². The molecule has 1 atom stereocenters. The van der Waals surface area contributed by atoms with Gasteiger partial charge in [0.15, 0.2) is 6.21 Å². The Balaban J connectivity index is 2.15. The van der Waals surface area contributed by atoms with E-state index in [1.807, 2.05) is 18.7 Å². The molecule has 0 aromatic carbocycles. The minimum atomic E-state index is -0.605. The summed E-state index contributed by atoms with van der Waals surface area (Å²) in [6, 6.07) is 2.76. The van der Waals surface area contributed by atoms with Gasteiger partial charge in [0.1, 0.15) is 19.8 Å². The minimum Gasteiger partial charge on any atom is -0.622 e. The number of allylic oxidation sites excluding steroid dienone is 1. The van der Waals surface area contributed by atoms with Crippen molar-refractivity contribution in [3.05, 3.63) is 39.3 Å². The van der Waals surface area contributed by atoms with Gasteiger partial charge in [0.2, 0.25) is 0 Å². The summed E-state index contributed by atoms with van der Waals surface area (Å²) in [6.07, 6.45) is 6.03. The lowest BCUT2D eigenvalue weighted by Gasteiger charge is -2.29. The first-order valence-corrected chi connectivity index (χ1v) is 9.19. The normalized spacial score (nSPS) is 20.6. The zero-order valence-corrected chi connectivity index (χ0v) is 16.0. The molecule has 1 aromatic rings. The minimum absolute atomic E-state index is 0.315. The van der Waals surface area contributed by atoms with Gasteiger partial charge in [-0.25, -0.2) is 0 Å². The van der Waals surface area contributed by atoms with E-state index in [4.69, 9.17) is 16.6 Å². The summed E-state index contributed by atoms with van der Waals surface area (Å²) in [7, 11) is 0. The smallest absolute Gasteiger partial charge is 0.433 e. The fraction of sp³-hybridized carbons (Fsp3) is 0.500. The molecule has 0 saturated carbocycles. The van der Waals surface area contributed by atoms with Gasteiger partial charge in [-0.05, 0) is 32.4 Å². The molecular formula is C16H21N3O4S2. The number of nitro groups is 1. The van der Waals surface area contributed by atoms with Crippen LogP contribution in [-0.2, 0) is 0 Å². The lowest BCUT2D eigenvalue weighted by molar-refractivity contribution is -0.523. The Labute approximate surface area is 156 Å². The van der Waals surface area contributed by atoms with Gasteiger partial charge in [0.25, 0.3) is 6.17 Å². The summed E-state index contributed by atoms with van der Waals surface area (Å²) >= 11 is 6.96. The van der Waals surface area contributed by atoms with Crippen molar-refractivity contribution in [2.45, 2.75) is 44.5 Å². The monoisotopic (exact) mass is 383 g/mol. The molecule has 25 heavy (non-hydrogen) atoms. The predicted molar refractivity (Wildman–Crippen MR) is 104 cm³/mol. The van der Waals surface area contributed by atoms with E-state index >= 15 is 0 Å². The molecule has 9 heteroatoms. The van der Waals surface area contributed by atoms with Gasteiger partial charge in [0, 0.05) is 12.6 Å². The first-order valence-electron chi connectivity index (χ1n) is 7.97. The second-order valence-electron chi connectivity index (χ2n) is 6.19. The Bertz CT molecular complexity index is 712. The number of thiocarbonyl (C=S) groups is 1. The third-order valence-corrected chi connectivity index (χ3v) is 5.41. The van der Waals surface area contributed by atoms with Gasteiger partial charge < -0.3 is 9.62 Å². The Hall–Kier alpha value is -1.87. The van der Waals surface area contributed by atoms with E-state index in [0.29, 0.717) is 5.76 Å². The fourth-order valence-electron chi connectivity index (χ4n) is 2.63. The van der Waals surface area contributed by atoms with Gasteiger partial charge in [0.05, 0.1) is 6.07 Å². The van der Waals surface area contributed by atoms with Gasteiger partial charge >= 0.3 is 5.88 Å². The molecule has 136 valence electrons. The number of unbranched alkanes of at least 4 members (excludes halogenated alkanes) is 1. The number of hydrogen-bond donors (Lipinski definition) is 0. The van der Waals surface area contributed by atoms with E-state index in [2.05, 4.69) is 6.92 Å². The predicted octanol–water partition coefficient (Wildman–Crippen LogP) is 4.02. The van der Waals surface area contributed by atoms with Crippen LogP contribution in [0.1, 0.15) is 39.4 Å². The zero-order chi connectivity index (χ0) is 18.6. The van der Waals surface area contributed by atoms with Crippen LogP contribution in [-0.4, -0.2) is 42.6 Å². The molecule has 0 spiro atoms. The maximum atomic E-state index is 12.6. The SMILES string of the molecule is CCCCN1C(=S)SC(C)(C)C1/[N+]([O-])=C/C=C/c1ccc([N+](=O)[O-])o1. The topological polar surface area (TPSA) is 85.6 Å². The van der Waals surface area contributed by atoms with Crippen molar-refractivity contribution in [1.82, 2.24) is 4.90 Å². The van der Waals surface area contributed by atoms with Crippen LogP contribution < -0.4 is 0 Å². The Kier molecular flexibility index (Phi) is 6.23. The molecule has 1 aromatic heterocycles. The Morgan fingerprint density at radius 3 is 2.76 bits per heavy atom. The maximum Gasteiger partial charge on any atom is 0.433 e. The molecule has 0 radical (unpaired) electrons. The first-order chi connectivity index (χ1) is 11.8. The first kappa shape index (κ1) is 19.5. The van der Waals surface area contributed by atoms with E-state index in [1.54, 1.807) is 0 Å². The van der Waals surface area contributed by atoms with Crippen LogP contribution in [0.2, 0.25) is 0 Å². The standard InChI is InChI=1S/C16H21N3O4S2/c1-4-5-10-17-14(16(2,3)25-15(17)24)18(20)11-6-7-12-8-9-13(23-12)19(21)22/h6-9,11,14H,4-5,10H2,1-3H3/b7-6+,18-11-. The average molecular weight is 383 g/mol. The molecule has 7 nitrogen and oxygen atoms in total. The van der Waals surface area contributed by atoms with E-state index in [1.165, 1.54) is 42.3 Å². The molecule has 1 fully saturated rings. The molecule has 1 aliphatic rings.